The molecule has 1 aromatic rings. The van der Waals surface area contributed by atoms with E-state index >= 15 is 0 Å². The molecule has 0 aromatic heterocycles. The third-order valence-electron chi connectivity index (χ3n) is 2.77. The summed E-state index contributed by atoms with van der Waals surface area (Å²) < 4.78 is 5.59. The van der Waals surface area contributed by atoms with Gasteiger partial charge in [-0.25, -0.2) is 0 Å². The molecule has 0 aliphatic heterocycles. The van der Waals surface area contributed by atoms with Gasteiger partial charge in [-0.3, -0.25) is 4.79 Å². The maximum absolute atomic E-state index is 11.0. The number of hydrogen-bond donors (Lipinski definition) is 2. The van der Waals surface area contributed by atoms with Gasteiger partial charge in [0, 0.05) is 6.42 Å². The molecule has 1 amide bonds. The minimum Gasteiger partial charge on any atom is -0.493 e. The van der Waals surface area contributed by atoms with E-state index < -0.39 is 11.4 Å². The summed E-state index contributed by atoms with van der Waals surface area (Å²) in [5.74, 6) is 0.303. The van der Waals surface area contributed by atoms with Crippen molar-refractivity contribution in [2.45, 2.75) is 32.7 Å². The van der Waals surface area contributed by atoms with E-state index in [-0.39, 0.29) is 0 Å². The van der Waals surface area contributed by atoms with Crippen LogP contribution in [0.1, 0.15) is 24.5 Å². The molecule has 4 heteroatoms. The Labute approximate surface area is 102 Å². The Bertz CT molecular complexity index is 414. The van der Waals surface area contributed by atoms with Crippen molar-refractivity contribution in [2.24, 2.45) is 11.5 Å². The second kappa shape index (κ2) is 5.19. The van der Waals surface area contributed by atoms with Crippen LogP contribution in [0, 0.1) is 13.8 Å². The Kier molecular flexibility index (Phi) is 4.12. The van der Waals surface area contributed by atoms with Crippen molar-refractivity contribution in [2.75, 3.05) is 6.61 Å². The third-order valence-corrected chi connectivity index (χ3v) is 2.77. The van der Waals surface area contributed by atoms with E-state index in [1.807, 2.05) is 32.0 Å². The van der Waals surface area contributed by atoms with Gasteiger partial charge >= 0.3 is 0 Å². The SMILES string of the molecule is Cc1ccc(OCCC(C)(N)C(N)=O)c(C)c1. The van der Waals surface area contributed by atoms with Crippen molar-refractivity contribution < 1.29 is 9.53 Å². The van der Waals surface area contributed by atoms with E-state index in [2.05, 4.69) is 0 Å². The van der Waals surface area contributed by atoms with Crippen LogP contribution >= 0.6 is 0 Å². The van der Waals surface area contributed by atoms with E-state index in [4.69, 9.17) is 16.2 Å². The zero-order valence-electron chi connectivity index (χ0n) is 10.6. The summed E-state index contributed by atoms with van der Waals surface area (Å²) in [5, 5.41) is 0. The number of amides is 1. The Morgan fingerprint density at radius 1 is 1.41 bits per heavy atom. The van der Waals surface area contributed by atoms with E-state index in [9.17, 15) is 4.79 Å². The monoisotopic (exact) mass is 236 g/mol. The predicted octanol–water partition coefficient (Wildman–Crippen LogP) is 1.28. The van der Waals surface area contributed by atoms with Crippen LogP contribution in [-0.4, -0.2) is 18.1 Å². The van der Waals surface area contributed by atoms with Gasteiger partial charge in [-0.2, -0.15) is 0 Å². The van der Waals surface area contributed by atoms with Gasteiger partial charge in [-0.1, -0.05) is 17.7 Å². The normalized spacial score (nSPS) is 14.1. The van der Waals surface area contributed by atoms with Crippen molar-refractivity contribution in [1.29, 1.82) is 0 Å². The van der Waals surface area contributed by atoms with E-state index in [0.29, 0.717) is 13.0 Å². The highest BCUT2D eigenvalue weighted by atomic mass is 16.5. The van der Waals surface area contributed by atoms with Gasteiger partial charge in [0.1, 0.15) is 5.75 Å². The number of carbonyl (C=O) groups excluding carboxylic acids is 1. The van der Waals surface area contributed by atoms with Crippen LogP contribution in [-0.2, 0) is 4.79 Å². The average Bonchev–Trinajstić information content (AvgIpc) is 2.21. The molecule has 17 heavy (non-hydrogen) atoms. The molecule has 94 valence electrons. The number of carbonyl (C=O) groups is 1. The van der Waals surface area contributed by atoms with Crippen LogP contribution < -0.4 is 16.2 Å². The summed E-state index contributed by atoms with van der Waals surface area (Å²) in [5.41, 5.74) is 12.2. The lowest BCUT2D eigenvalue weighted by Crippen LogP contribution is -2.50. The van der Waals surface area contributed by atoms with Crippen molar-refractivity contribution >= 4 is 5.91 Å². The molecule has 0 spiro atoms. The molecular formula is C13H20N2O2. The number of primary amides is 1. The molecule has 0 fully saturated rings. The molecule has 0 radical (unpaired) electrons. The lowest BCUT2D eigenvalue weighted by atomic mass is 9.99. The van der Waals surface area contributed by atoms with Crippen LogP contribution in [0.2, 0.25) is 0 Å². The largest absolute Gasteiger partial charge is 0.493 e. The quantitative estimate of drug-likeness (QED) is 0.808. The van der Waals surface area contributed by atoms with Crippen LogP contribution in [0.25, 0.3) is 0 Å². The molecule has 1 atom stereocenters. The van der Waals surface area contributed by atoms with Crippen LogP contribution in [0.3, 0.4) is 0 Å². The molecule has 0 heterocycles. The van der Waals surface area contributed by atoms with Crippen LogP contribution in [0.4, 0.5) is 0 Å². The molecule has 0 aliphatic rings. The predicted molar refractivity (Wildman–Crippen MR) is 67.8 cm³/mol. The fourth-order valence-electron chi connectivity index (χ4n) is 1.46. The second-order valence-corrected chi connectivity index (χ2v) is 4.65. The maximum Gasteiger partial charge on any atom is 0.237 e. The van der Waals surface area contributed by atoms with Crippen molar-refractivity contribution in [3.05, 3.63) is 29.3 Å². The first-order chi connectivity index (χ1) is 7.83. The van der Waals surface area contributed by atoms with Gasteiger partial charge in [0.2, 0.25) is 5.91 Å². The highest BCUT2D eigenvalue weighted by molar-refractivity contribution is 5.83. The third kappa shape index (κ3) is 3.75. The van der Waals surface area contributed by atoms with Gasteiger partial charge in [-0.05, 0) is 32.4 Å². The summed E-state index contributed by atoms with van der Waals surface area (Å²) in [7, 11) is 0. The summed E-state index contributed by atoms with van der Waals surface area (Å²) in [6.45, 7) is 6.00. The first-order valence-electron chi connectivity index (χ1n) is 5.62. The van der Waals surface area contributed by atoms with Crippen LogP contribution in [0.5, 0.6) is 5.75 Å². The first kappa shape index (κ1) is 13.5. The molecule has 1 aromatic carbocycles. The van der Waals surface area contributed by atoms with Gasteiger partial charge in [0.05, 0.1) is 12.1 Å². The second-order valence-electron chi connectivity index (χ2n) is 4.65. The van der Waals surface area contributed by atoms with Crippen LogP contribution in [0.15, 0.2) is 18.2 Å². The Morgan fingerprint density at radius 3 is 2.59 bits per heavy atom. The molecule has 0 aliphatic carbocycles. The molecule has 4 N–H and O–H groups in total. The Morgan fingerprint density at radius 2 is 2.06 bits per heavy atom. The minimum atomic E-state index is -1.02. The van der Waals surface area contributed by atoms with Crippen molar-refractivity contribution in [1.82, 2.24) is 0 Å². The standard InChI is InChI=1S/C13H20N2O2/c1-9-4-5-11(10(2)8-9)17-7-6-13(3,15)12(14)16/h4-5,8H,6-7,15H2,1-3H3,(H2,14,16). The molecule has 1 unspecified atom stereocenters. The average molecular weight is 236 g/mol. The number of ether oxygens (including phenoxy) is 1. The maximum atomic E-state index is 11.0. The van der Waals surface area contributed by atoms with E-state index in [1.54, 1.807) is 6.92 Å². The summed E-state index contributed by atoms with van der Waals surface area (Å²) in [4.78, 5) is 11.0. The highest BCUT2D eigenvalue weighted by Crippen LogP contribution is 2.19. The van der Waals surface area contributed by atoms with E-state index in [0.717, 1.165) is 11.3 Å². The van der Waals surface area contributed by atoms with E-state index in [1.165, 1.54) is 5.56 Å². The molecule has 0 saturated heterocycles. The van der Waals surface area contributed by atoms with Gasteiger partial charge < -0.3 is 16.2 Å². The molecule has 0 saturated carbocycles. The number of aryl methyl sites for hydroxylation is 2. The minimum absolute atomic E-state index is 0.375. The molecule has 1 rings (SSSR count). The van der Waals surface area contributed by atoms with Crippen molar-refractivity contribution in [3.63, 3.8) is 0 Å². The number of benzene rings is 1. The summed E-state index contributed by atoms with van der Waals surface area (Å²) in [6, 6.07) is 5.95. The molecular weight excluding hydrogens is 216 g/mol. The zero-order valence-corrected chi connectivity index (χ0v) is 10.6. The summed E-state index contributed by atoms with van der Waals surface area (Å²) >= 11 is 0. The number of nitrogens with two attached hydrogens (primary N) is 2. The fraction of sp³-hybridized carbons (Fsp3) is 0.462. The lowest BCUT2D eigenvalue weighted by molar-refractivity contribution is -0.123. The van der Waals surface area contributed by atoms with Gasteiger partial charge in [0.25, 0.3) is 0 Å². The zero-order chi connectivity index (χ0) is 13.1. The Balaban J connectivity index is 2.54. The number of hydrogen-bond acceptors (Lipinski definition) is 3. The smallest absolute Gasteiger partial charge is 0.237 e. The topological polar surface area (TPSA) is 78.3 Å². The molecule has 0 bridgehead atoms. The first-order valence-corrected chi connectivity index (χ1v) is 5.62. The van der Waals surface area contributed by atoms with Gasteiger partial charge in [0.15, 0.2) is 0 Å². The lowest BCUT2D eigenvalue weighted by Gasteiger charge is -2.20. The summed E-state index contributed by atoms with van der Waals surface area (Å²) in [6.07, 6.45) is 0.398. The van der Waals surface area contributed by atoms with Gasteiger partial charge in [-0.15, -0.1) is 0 Å². The fourth-order valence-corrected chi connectivity index (χ4v) is 1.46. The number of rotatable bonds is 5. The Hall–Kier alpha value is -1.55. The molecule has 4 nitrogen and oxygen atoms in total. The van der Waals surface area contributed by atoms with Crippen molar-refractivity contribution in [3.8, 4) is 5.75 Å². The highest BCUT2D eigenvalue weighted by Gasteiger charge is 2.25.